The van der Waals surface area contributed by atoms with E-state index in [1.165, 1.54) is 6.07 Å². The second-order valence-corrected chi connectivity index (χ2v) is 5.68. The number of benzene rings is 1. The number of halogens is 3. The Balaban J connectivity index is 2.44. The Labute approximate surface area is 130 Å². The van der Waals surface area contributed by atoms with Crippen LogP contribution in [0, 0.1) is 19.7 Å². The maximum absolute atomic E-state index is 13.6. The molecule has 0 amide bonds. The summed E-state index contributed by atoms with van der Waals surface area (Å²) in [6.45, 7) is 5.68. The molecule has 2 rings (SSSR count). The third-order valence-electron chi connectivity index (χ3n) is 2.97. The number of aryl methyl sites for hydroxylation is 2. The predicted molar refractivity (Wildman–Crippen MR) is 83.3 cm³/mol. The average Bonchev–Trinajstić information content (AvgIpc) is 2.40. The molecule has 1 aromatic carbocycles. The van der Waals surface area contributed by atoms with Gasteiger partial charge in [-0.1, -0.05) is 18.5 Å². The molecule has 0 aliphatic rings. The zero-order chi connectivity index (χ0) is 14.9. The van der Waals surface area contributed by atoms with Gasteiger partial charge in [-0.2, -0.15) is 0 Å². The summed E-state index contributed by atoms with van der Waals surface area (Å²) in [7, 11) is 0. The Hall–Kier alpha value is -1.20. The summed E-state index contributed by atoms with van der Waals surface area (Å²) in [5.41, 5.74) is 2.31. The largest absolute Gasteiger partial charge is 0.340 e. The van der Waals surface area contributed by atoms with Crippen molar-refractivity contribution >= 4 is 39.0 Å². The molecule has 2 aromatic rings. The van der Waals surface area contributed by atoms with Crippen LogP contribution in [0.5, 0.6) is 0 Å². The Kier molecular flexibility index (Phi) is 4.60. The van der Waals surface area contributed by atoms with Gasteiger partial charge < -0.3 is 5.32 Å². The molecule has 0 bridgehead atoms. The summed E-state index contributed by atoms with van der Waals surface area (Å²) in [6, 6.07) is 3.15. The van der Waals surface area contributed by atoms with Gasteiger partial charge in [-0.15, -0.1) is 0 Å². The van der Waals surface area contributed by atoms with Crippen molar-refractivity contribution in [3.63, 3.8) is 0 Å². The topological polar surface area (TPSA) is 37.8 Å². The molecule has 1 N–H and O–H groups in total. The zero-order valence-corrected chi connectivity index (χ0v) is 13.7. The zero-order valence-electron chi connectivity index (χ0n) is 11.4. The van der Waals surface area contributed by atoms with Crippen molar-refractivity contribution < 1.29 is 4.39 Å². The lowest BCUT2D eigenvalue weighted by Gasteiger charge is -2.13. The van der Waals surface area contributed by atoms with Crippen LogP contribution in [0.4, 0.5) is 15.9 Å². The average molecular weight is 359 g/mol. The van der Waals surface area contributed by atoms with E-state index < -0.39 is 0 Å². The van der Waals surface area contributed by atoms with E-state index >= 15 is 0 Å². The van der Waals surface area contributed by atoms with Gasteiger partial charge in [0.05, 0.1) is 4.47 Å². The smallest absolute Gasteiger partial charge is 0.139 e. The quantitative estimate of drug-likeness (QED) is 0.789. The van der Waals surface area contributed by atoms with Crippen LogP contribution < -0.4 is 5.32 Å². The number of hydrogen-bond donors (Lipinski definition) is 1. The summed E-state index contributed by atoms with van der Waals surface area (Å²) in [5, 5.41) is 3.54. The number of nitrogens with one attached hydrogen (secondary N) is 1. The van der Waals surface area contributed by atoms with Crippen molar-refractivity contribution in [3.05, 3.63) is 44.5 Å². The van der Waals surface area contributed by atoms with Crippen molar-refractivity contribution in [2.75, 3.05) is 5.32 Å². The van der Waals surface area contributed by atoms with E-state index in [9.17, 15) is 4.39 Å². The van der Waals surface area contributed by atoms with E-state index in [1.54, 1.807) is 6.07 Å². The molecule has 6 heteroatoms. The SMILES string of the molecule is CCc1nc(Cl)c(C)c(Nc2cc(F)c(Br)cc2C)n1. The summed E-state index contributed by atoms with van der Waals surface area (Å²) in [5.74, 6) is 0.927. The second-order valence-electron chi connectivity index (χ2n) is 4.46. The lowest BCUT2D eigenvalue weighted by atomic mass is 10.2. The van der Waals surface area contributed by atoms with E-state index in [1.807, 2.05) is 20.8 Å². The summed E-state index contributed by atoms with van der Waals surface area (Å²) in [6.07, 6.45) is 0.683. The van der Waals surface area contributed by atoms with E-state index in [4.69, 9.17) is 11.6 Å². The Morgan fingerprint density at radius 2 is 2.00 bits per heavy atom. The van der Waals surface area contributed by atoms with E-state index in [2.05, 4.69) is 31.2 Å². The lowest BCUT2D eigenvalue weighted by Crippen LogP contribution is -2.04. The normalized spacial score (nSPS) is 10.7. The lowest BCUT2D eigenvalue weighted by molar-refractivity contribution is 0.621. The molecular formula is C14H14BrClFN3. The van der Waals surface area contributed by atoms with Crippen molar-refractivity contribution in [1.29, 1.82) is 0 Å². The van der Waals surface area contributed by atoms with Gasteiger partial charge in [-0.3, -0.25) is 0 Å². The Morgan fingerprint density at radius 3 is 2.65 bits per heavy atom. The number of anilines is 2. The number of nitrogens with zero attached hydrogens (tertiary/aromatic N) is 2. The molecule has 0 saturated heterocycles. The van der Waals surface area contributed by atoms with Gasteiger partial charge in [0, 0.05) is 17.7 Å². The van der Waals surface area contributed by atoms with Crippen LogP contribution in [0.2, 0.25) is 5.15 Å². The monoisotopic (exact) mass is 357 g/mol. The van der Waals surface area contributed by atoms with Crippen molar-refractivity contribution in [2.45, 2.75) is 27.2 Å². The summed E-state index contributed by atoms with van der Waals surface area (Å²) >= 11 is 9.25. The summed E-state index contributed by atoms with van der Waals surface area (Å²) in [4.78, 5) is 8.58. The number of hydrogen-bond acceptors (Lipinski definition) is 3. The minimum atomic E-state index is -0.327. The molecule has 1 heterocycles. The van der Waals surface area contributed by atoms with Crippen LogP contribution in [0.15, 0.2) is 16.6 Å². The molecule has 0 fully saturated rings. The fourth-order valence-corrected chi connectivity index (χ4v) is 2.37. The first-order valence-corrected chi connectivity index (χ1v) is 7.35. The first-order chi connectivity index (χ1) is 9.42. The first kappa shape index (κ1) is 15.2. The van der Waals surface area contributed by atoms with Crippen molar-refractivity contribution in [3.8, 4) is 0 Å². The van der Waals surface area contributed by atoms with Gasteiger partial charge in [0.15, 0.2) is 0 Å². The molecule has 3 nitrogen and oxygen atoms in total. The second kappa shape index (κ2) is 6.06. The van der Waals surface area contributed by atoms with Gasteiger partial charge >= 0.3 is 0 Å². The van der Waals surface area contributed by atoms with Gasteiger partial charge in [-0.25, -0.2) is 14.4 Å². The van der Waals surface area contributed by atoms with E-state index in [-0.39, 0.29) is 5.82 Å². The standard InChI is InChI=1S/C14H14BrClFN3/c1-4-12-19-13(16)8(3)14(20-12)18-11-6-10(17)9(15)5-7(11)2/h5-6H,4H2,1-3H3,(H,18,19,20). The van der Waals surface area contributed by atoms with Gasteiger partial charge in [0.1, 0.15) is 22.6 Å². The van der Waals surface area contributed by atoms with E-state index in [0.29, 0.717) is 33.4 Å². The Bertz CT molecular complexity index is 661. The third kappa shape index (κ3) is 3.10. The highest BCUT2D eigenvalue weighted by Gasteiger charge is 2.11. The molecule has 106 valence electrons. The number of aromatic nitrogens is 2. The Morgan fingerprint density at radius 1 is 1.30 bits per heavy atom. The molecule has 0 spiro atoms. The minimum Gasteiger partial charge on any atom is -0.340 e. The molecule has 1 aromatic heterocycles. The van der Waals surface area contributed by atoms with Gasteiger partial charge in [-0.05, 0) is 47.5 Å². The number of rotatable bonds is 3. The fraction of sp³-hybridized carbons (Fsp3) is 0.286. The maximum Gasteiger partial charge on any atom is 0.139 e. The molecule has 0 unspecified atom stereocenters. The highest BCUT2D eigenvalue weighted by Crippen LogP contribution is 2.28. The van der Waals surface area contributed by atoms with Crippen LogP contribution >= 0.6 is 27.5 Å². The maximum atomic E-state index is 13.6. The first-order valence-electron chi connectivity index (χ1n) is 6.18. The fourth-order valence-electron chi connectivity index (χ4n) is 1.72. The molecule has 0 radical (unpaired) electrons. The summed E-state index contributed by atoms with van der Waals surface area (Å²) < 4.78 is 14.1. The highest BCUT2D eigenvalue weighted by molar-refractivity contribution is 9.10. The van der Waals surface area contributed by atoms with Crippen molar-refractivity contribution in [2.24, 2.45) is 0 Å². The molecule has 0 aliphatic carbocycles. The highest BCUT2D eigenvalue weighted by atomic mass is 79.9. The van der Waals surface area contributed by atoms with Crippen LogP contribution in [-0.4, -0.2) is 9.97 Å². The minimum absolute atomic E-state index is 0.327. The van der Waals surface area contributed by atoms with Crippen molar-refractivity contribution in [1.82, 2.24) is 9.97 Å². The van der Waals surface area contributed by atoms with Crippen LogP contribution in [0.25, 0.3) is 0 Å². The molecule has 0 saturated carbocycles. The third-order valence-corrected chi connectivity index (χ3v) is 3.94. The molecular weight excluding hydrogens is 345 g/mol. The van der Waals surface area contributed by atoms with E-state index in [0.717, 1.165) is 11.1 Å². The van der Waals surface area contributed by atoms with Crippen LogP contribution in [0.1, 0.15) is 23.9 Å². The van der Waals surface area contributed by atoms with Gasteiger partial charge in [0.25, 0.3) is 0 Å². The predicted octanol–water partition coefficient (Wildman–Crippen LogP) is 4.95. The molecule has 20 heavy (non-hydrogen) atoms. The van der Waals surface area contributed by atoms with Crippen LogP contribution in [0.3, 0.4) is 0 Å². The molecule has 0 atom stereocenters. The molecule has 0 aliphatic heterocycles. The van der Waals surface area contributed by atoms with Crippen LogP contribution in [-0.2, 0) is 6.42 Å². The van der Waals surface area contributed by atoms with Gasteiger partial charge in [0.2, 0.25) is 0 Å².